The van der Waals surface area contributed by atoms with E-state index in [0.717, 1.165) is 30.4 Å². The molecule has 1 heterocycles. The Bertz CT molecular complexity index is 1000. The summed E-state index contributed by atoms with van der Waals surface area (Å²) in [5.74, 6) is 2.10. The predicted octanol–water partition coefficient (Wildman–Crippen LogP) is 4.33. The summed E-state index contributed by atoms with van der Waals surface area (Å²) in [4.78, 5) is 4.54. The minimum Gasteiger partial charge on any atom is -0.493 e. The lowest BCUT2D eigenvalue weighted by Gasteiger charge is -2.22. The van der Waals surface area contributed by atoms with Gasteiger partial charge in [-0.3, -0.25) is 0 Å². The molecule has 0 bridgehead atoms. The van der Waals surface area contributed by atoms with Crippen LogP contribution in [0.3, 0.4) is 0 Å². The lowest BCUT2D eigenvalue weighted by molar-refractivity contribution is 0.354. The lowest BCUT2D eigenvalue weighted by atomic mass is 9.87. The molecule has 0 amide bonds. The van der Waals surface area contributed by atoms with E-state index in [4.69, 9.17) is 31.3 Å². The highest BCUT2D eigenvalue weighted by Gasteiger charge is 2.20. The lowest BCUT2D eigenvalue weighted by Crippen LogP contribution is -2.17. The van der Waals surface area contributed by atoms with E-state index in [1.165, 1.54) is 11.1 Å². The minimum atomic E-state index is 0.0664. The zero-order valence-corrected chi connectivity index (χ0v) is 16.6. The fourth-order valence-electron chi connectivity index (χ4n) is 3.65. The Morgan fingerprint density at radius 3 is 2.86 bits per heavy atom. The zero-order chi connectivity index (χ0) is 19.7. The highest BCUT2D eigenvalue weighted by molar-refractivity contribution is 6.33. The topological polar surface area (TPSA) is 83.4 Å². The second kappa shape index (κ2) is 7.81. The molecule has 3 aromatic rings. The molecule has 146 valence electrons. The van der Waals surface area contributed by atoms with Crippen molar-refractivity contribution >= 4 is 11.6 Å². The van der Waals surface area contributed by atoms with E-state index in [-0.39, 0.29) is 6.04 Å². The zero-order valence-electron chi connectivity index (χ0n) is 15.9. The summed E-state index contributed by atoms with van der Waals surface area (Å²) in [6.45, 7) is 0. The summed E-state index contributed by atoms with van der Waals surface area (Å²) in [6.07, 6.45) is 3.62. The molecular weight excluding hydrogens is 378 g/mol. The summed E-state index contributed by atoms with van der Waals surface area (Å²) in [5, 5.41) is 4.59. The molecule has 0 spiro atoms. The van der Waals surface area contributed by atoms with Gasteiger partial charge in [0.1, 0.15) is 0 Å². The van der Waals surface area contributed by atoms with Crippen molar-refractivity contribution in [1.29, 1.82) is 0 Å². The number of aromatic nitrogens is 2. The monoisotopic (exact) mass is 399 g/mol. The maximum Gasteiger partial charge on any atom is 0.257 e. The maximum absolute atomic E-state index is 6.46. The van der Waals surface area contributed by atoms with Gasteiger partial charge >= 0.3 is 0 Å². The molecule has 1 aromatic heterocycles. The van der Waals surface area contributed by atoms with Crippen LogP contribution in [0.4, 0.5) is 0 Å². The molecule has 0 radical (unpaired) electrons. The van der Waals surface area contributed by atoms with Gasteiger partial charge in [0, 0.05) is 18.0 Å². The van der Waals surface area contributed by atoms with Gasteiger partial charge in [-0.25, -0.2) is 0 Å². The number of halogens is 1. The summed E-state index contributed by atoms with van der Waals surface area (Å²) in [7, 11) is 3.13. The van der Waals surface area contributed by atoms with Gasteiger partial charge in [-0.2, -0.15) is 4.98 Å². The van der Waals surface area contributed by atoms with E-state index in [1.54, 1.807) is 14.2 Å². The van der Waals surface area contributed by atoms with Gasteiger partial charge in [0.15, 0.2) is 17.3 Å². The van der Waals surface area contributed by atoms with E-state index >= 15 is 0 Å². The number of methoxy groups -OCH3 is 2. The number of nitrogens with zero attached hydrogens (tertiary/aromatic N) is 2. The molecule has 0 aliphatic heterocycles. The van der Waals surface area contributed by atoms with Crippen molar-refractivity contribution in [3.63, 3.8) is 0 Å². The molecular formula is C21H22ClN3O3. The van der Waals surface area contributed by atoms with Crippen LogP contribution in [-0.4, -0.2) is 24.4 Å². The predicted molar refractivity (Wildman–Crippen MR) is 107 cm³/mol. The first-order chi connectivity index (χ1) is 13.6. The Kier molecular flexibility index (Phi) is 5.24. The second-order valence-electron chi connectivity index (χ2n) is 6.88. The number of fused-ring (bicyclic) bond motifs is 1. The summed E-state index contributed by atoms with van der Waals surface area (Å²) in [5.41, 5.74) is 10.5. The third-order valence-corrected chi connectivity index (χ3v) is 5.55. The molecule has 6 nitrogen and oxygen atoms in total. The van der Waals surface area contributed by atoms with Gasteiger partial charge in [-0.15, -0.1) is 0 Å². The van der Waals surface area contributed by atoms with Crippen molar-refractivity contribution < 1.29 is 14.0 Å². The van der Waals surface area contributed by atoms with E-state index in [1.807, 2.05) is 18.2 Å². The number of rotatable bonds is 5. The molecule has 4 rings (SSSR count). The Labute approximate surface area is 168 Å². The molecule has 7 heteroatoms. The van der Waals surface area contributed by atoms with Gasteiger partial charge in [0.2, 0.25) is 0 Å². The molecule has 1 atom stereocenters. The first kappa shape index (κ1) is 18.8. The SMILES string of the molecule is COc1ccc(Cc2noc(-c3ccc4c(c3)C(N)CCC4)n2)c(Cl)c1OC. The quantitative estimate of drug-likeness (QED) is 0.687. The molecule has 28 heavy (non-hydrogen) atoms. The van der Waals surface area contributed by atoms with Crippen LogP contribution in [0.1, 0.15) is 41.4 Å². The van der Waals surface area contributed by atoms with Gasteiger partial charge in [0.25, 0.3) is 5.89 Å². The van der Waals surface area contributed by atoms with Crippen LogP contribution in [-0.2, 0) is 12.8 Å². The normalized spacial score (nSPS) is 15.9. The van der Waals surface area contributed by atoms with E-state index in [2.05, 4.69) is 22.3 Å². The van der Waals surface area contributed by atoms with Crippen molar-refractivity contribution in [2.45, 2.75) is 31.7 Å². The standard InChI is InChI=1S/C21H22ClN3O3/c1-26-17-9-8-13(19(22)20(17)27-2)11-18-24-21(28-25-18)14-7-6-12-4-3-5-16(23)15(12)10-14/h6-10,16H,3-5,11,23H2,1-2H3. The molecule has 2 aromatic carbocycles. The summed E-state index contributed by atoms with van der Waals surface area (Å²) < 4.78 is 16.1. The molecule has 2 N–H and O–H groups in total. The van der Waals surface area contributed by atoms with Crippen molar-refractivity contribution in [3.05, 3.63) is 57.9 Å². The summed E-state index contributed by atoms with van der Waals surface area (Å²) in [6, 6.07) is 9.94. The molecule has 0 fully saturated rings. The van der Waals surface area contributed by atoms with Crippen LogP contribution in [0.25, 0.3) is 11.5 Å². The van der Waals surface area contributed by atoms with Crippen LogP contribution in [0.2, 0.25) is 5.02 Å². The Morgan fingerprint density at radius 1 is 1.21 bits per heavy atom. The van der Waals surface area contributed by atoms with Crippen LogP contribution in [0.5, 0.6) is 11.5 Å². The van der Waals surface area contributed by atoms with Crippen molar-refractivity contribution in [3.8, 4) is 23.0 Å². The first-order valence-electron chi connectivity index (χ1n) is 9.21. The second-order valence-corrected chi connectivity index (χ2v) is 7.26. The third-order valence-electron chi connectivity index (χ3n) is 5.14. The number of ether oxygens (including phenoxy) is 2. The highest BCUT2D eigenvalue weighted by Crippen LogP contribution is 2.38. The van der Waals surface area contributed by atoms with Crippen molar-refractivity contribution in [2.24, 2.45) is 5.73 Å². The average molecular weight is 400 g/mol. The van der Waals surface area contributed by atoms with Gasteiger partial charge in [0.05, 0.1) is 19.2 Å². The first-order valence-corrected chi connectivity index (χ1v) is 9.59. The number of benzene rings is 2. The van der Waals surface area contributed by atoms with Crippen molar-refractivity contribution in [1.82, 2.24) is 10.1 Å². The van der Waals surface area contributed by atoms with Gasteiger partial charge in [-0.05, 0) is 54.2 Å². The van der Waals surface area contributed by atoms with E-state index in [0.29, 0.717) is 34.7 Å². The smallest absolute Gasteiger partial charge is 0.257 e. The number of aryl methyl sites for hydroxylation is 1. The van der Waals surface area contributed by atoms with Crippen LogP contribution < -0.4 is 15.2 Å². The number of hydrogen-bond donors (Lipinski definition) is 1. The Morgan fingerprint density at radius 2 is 2.07 bits per heavy atom. The van der Waals surface area contributed by atoms with Crippen molar-refractivity contribution in [2.75, 3.05) is 14.2 Å². The highest BCUT2D eigenvalue weighted by atomic mass is 35.5. The average Bonchev–Trinajstić information content (AvgIpc) is 3.18. The molecule has 0 saturated carbocycles. The molecule has 0 saturated heterocycles. The van der Waals surface area contributed by atoms with Gasteiger partial charge in [-0.1, -0.05) is 28.9 Å². The number of hydrogen-bond acceptors (Lipinski definition) is 6. The van der Waals surface area contributed by atoms with E-state index < -0.39 is 0 Å². The fraction of sp³-hybridized carbons (Fsp3) is 0.333. The molecule has 1 aliphatic carbocycles. The minimum absolute atomic E-state index is 0.0664. The summed E-state index contributed by atoms with van der Waals surface area (Å²) >= 11 is 6.46. The fourth-order valence-corrected chi connectivity index (χ4v) is 3.95. The van der Waals surface area contributed by atoms with Crippen LogP contribution in [0, 0.1) is 0 Å². The van der Waals surface area contributed by atoms with Gasteiger partial charge < -0.3 is 19.7 Å². The maximum atomic E-state index is 6.46. The number of nitrogens with two attached hydrogens (primary N) is 1. The Balaban J connectivity index is 1.60. The van der Waals surface area contributed by atoms with E-state index in [9.17, 15) is 0 Å². The van der Waals surface area contributed by atoms with Crippen LogP contribution in [0.15, 0.2) is 34.9 Å². The van der Waals surface area contributed by atoms with Crippen LogP contribution >= 0.6 is 11.6 Å². The Hall–Kier alpha value is -2.57. The third kappa shape index (κ3) is 3.45. The molecule has 1 unspecified atom stereocenters. The largest absolute Gasteiger partial charge is 0.493 e. The molecule has 1 aliphatic rings.